The number of hydrogen-bond donors (Lipinski definition) is 2. The molecule has 1 aromatic heterocycles. The van der Waals surface area contributed by atoms with Gasteiger partial charge in [0.15, 0.2) is 17.9 Å². The Hall–Kier alpha value is -2.34. The van der Waals surface area contributed by atoms with Crippen LogP contribution >= 0.6 is 11.8 Å². The summed E-state index contributed by atoms with van der Waals surface area (Å²) < 4.78 is 2.32. The van der Waals surface area contributed by atoms with Crippen molar-refractivity contribution >= 4 is 23.6 Å². The van der Waals surface area contributed by atoms with Crippen LogP contribution in [-0.4, -0.2) is 28.8 Å². The van der Waals surface area contributed by atoms with Crippen LogP contribution < -0.4 is 9.88 Å². The summed E-state index contributed by atoms with van der Waals surface area (Å²) in [5.41, 5.74) is 2.53. The number of carboxylic acids is 1. The number of nitrogens with zero attached hydrogens (tertiary/aromatic N) is 1. The highest BCUT2D eigenvalue weighted by atomic mass is 32.2. The molecule has 3 rings (SSSR count). The second kappa shape index (κ2) is 8.78. The van der Waals surface area contributed by atoms with Crippen LogP contribution in [0.5, 0.6) is 0 Å². The van der Waals surface area contributed by atoms with Crippen LogP contribution in [0.3, 0.4) is 0 Å². The Morgan fingerprint density at radius 3 is 2.86 bits per heavy atom. The Balaban J connectivity index is 1.73. The van der Waals surface area contributed by atoms with Crippen LogP contribution in [-0.2, 0) is 9.59 Å². The highest BCUT2D eigenvalue weighted by molar-refractivity contribution is 7.99. The van der Waals surface area contributed by atoms with E-state index < -0.39 is 12.0 Å². The molecule has 148 valence electrons. The lowest BCUT2D eigenvalue weighted by Gasteiger charge is -2.13. The minimum atomic E-state index is -1.00. The highest BCUT2D eigenvalue weighted by Crippen LogP contribution is 2.58. The average Bonchev–Trinajstić information content (AvgIpc) is 3.38. The van der Waals surface area contributed by atoms with Gasteiger partial charge in [-0.05, 0) is 32.4 Å². The lowest BCUT2D eigenvalue weighted by molar-refractivity contribution is -0.713. The van der Waals surface area contributed by atoms with Crippen molar-refractivity contribution in [1.29, 1.82) is 0 Å². The van der Waals surface area contributed by atoms with Gasteiger partial charge < -0.3 is 10.4 Å². The van der Waals surface area contributed by atoms with Gasteiger partial charge in [0.2, 0.25) is 5.91 Å². The Morgan fingerprint density at radius 1 is 1.39 bits per heavy atom. The number of fused-ring (bicyclic) bond motifs is 3. The second-order valence-electron chi connectivity index (χ2n) is 7.34. The van der Waals surface area contributed by atoms with E-state index in [1.54, 1.807) is 0 Å². The van der Waals surface area contributed by atoms with Gasteiger partial charge in [0.05, 0.1) is 10.8 Å². The van der Waals surface area contributed by atoms with Gasteiger partial charge in [0.25, 0.3) is 0 Å². The summed E-state index contributed by atoms with van der Waals surface area (Å²) in [7, 11) is 0. The summed E-state index contributed by atoms with van der Waals surface area (Å²) in [6, 6.07) is 3.54. The normalized spacial score (nSPS) is 24.2. The van der Waals surface area contributed by atoms with E-state index in [1.165, 1.54) is 36.4 Å². The van der Waals surface area contributed by atoms with Gasteiger partial charge in [-0.25, -0.2) is 4.79 Å². The number of carbonyl (C=O) groups excluding carboxylic acids is 1. The largest absolute Gasteiger partial charge is 0.480 e. The summed E-state index contributed by atoms with van der Waals surface area (Å²) in [5.74, 6) is 0.156. The van der Waals surface area contributed by atoms with Crippen LogP contribution in [0.15, 0.2) is 59.2 Å². The maximum Gasteiger partial charge on any atom is 0.327 e. The van der Waals surface area contributed by atoms with Crippen molar-refractivity contribution in [2.75, 3.05) is 5.75 Å². The number of hydrogen-bond acceptors (Lipinski definition) is 3. The number of aromatic nitrogens is 1. The van der Waals surface area contributed by atoms with Gasteiger partial charge in [0, 0.05) is 24.7 Å². The first kappa shape index (κ1) is 20.4. The molecule has 4 atom stereocenters. The minimum Gasteiger partial charge on any atom is -0.480 e. The maximum absolute atomic E-state index is 11.4. The van der Waals surface area contributed by atoms with E-state index in [0.29, 0.717) is 23.6 Å². The Labute approximate surface area is 170 Å². The van der Waals surface area contributed by atoms with E-state index in [4.69, 9.17) is 0 Å². The maximum atomic E-state index is 11.4. The first-order chi connectivity index (χ1) is 13.4. The van der Waals surface area contributed by atoms with Gasteiger partial charge in [-0.3, -0.25) is 4.79 Å². The first-order valence-corrected chi connectivity index (χ1v) is 10.6. The number of aliphatic carboxylic acids is 1. The average molecular weight is 400 g/mol. The van der Waals surface area contributed by atoms with Crippen molar-refractivity contribution in [3.8, 4) is 0 Å². The number of carboxylic acid groups (broad SMARTS) is 1. The van der Waals surface area contributed by atoms with E-state index in [9.17, 15) is 14.7 Å². The number of carbonyl (C=O) groups is 2. The number of thioether (sulfide) groups is 1. The number of nitrogens with one attached hydrogen (secondary N) is 1. The van der Waals surface area contributed by atoms with Crippen molar-refractivity contribution in [3.63, 3.8) is 0 Å². The smallest absolute Gasteiger partial charge is 0.327 e. The molecule has 28 heavy (non-hydrogen) atoms. The molecule has 0 saturated heterocycles. The number of allylic oxidation sites excluding steroid dienone is 6. The zero-order chi connectivity index (χ0) is 20.3. The number of pyridine rings is 1. The summed E-state index contributed by atoms with van der Waals surface area (Å²) in [5, 5.41) is 11.8. The third kappa shape index (κ3) is 4.55. The Kier molecular flexibility index (Phi) is 6.39. The minimum absolute atomic E-state index is 0.315. The molecule has 0 spiro atoms. The van der Waals surface area contributed by atoms with E-state index in [1.807, 2.05) is 13.0 Å². The number of amides is 1. The third-order valence-corrected chi connectivity index (χ3v) is 6.45. The van der Waals surface area contributed by atoms with Crippen molar-refractivity contribution in [1.82, 2.24) is 5.32 Å². The van der Waals surface area contributed by atoms with E-state index >= 15 is 0 Å². The van der Waals surface area contributed by atoms with Gasteiger partial charge in [-0.15, -0.1) is 11.8 Å². The molecule has 0 unspecified atom stereocenters. The fraction of sp³-hybridized carbons (Fsp3) is 0.409. The summed E-state index contributed by atoms with van der Waals surface area (Å²) in [6.07, 6.45) is 13.9. The molecule has 2 N–H and O–H groups in total. The van der Waals surface area contributed by atoms with Gasteiger partial charge in [0.1, 0.15) is 6.04 Å². The quantitative estimate of drug-likeness (QED) is 0.399. The molecule has 0 radical (unpaired) electrons. The van der Waals surface area contributed by atoms with Crippen LogP contribution in [0.1, 0.15) is 44.8 Å². The van der Waals surface area contributed by atoms with Crippen LogP contribution in [0.25, 0.3) is 0 Å². The fourth-order valence-corrected chi connectivity index (χ4v) is 4.85. The van der Waals surface area contributed by atoms with Gasteiger partial charge >= 0.3 is 5.97 Å². The molecule has 5 nitrogen and oxygen atoms in total. The standard InChI is InChI=1S/C22H26N2O3S/c1-4-14(2)8-5-6-9-19-16-12-17(16)21-20(10-7-11-24(19)21)28-13-18(22(26)27)23-15(3)25/h4-11,16-19H,12-13H2,1-3H3,(H-,23,25,26,27)/p+1/b8-5+,9-6+,14-4+/t16-,17+,18+,19+/m1/s1. The summed E-state index contributed by atoms with van der Waals surface area (Å²) in [4.78, 5) is 23.7. The molecule has 1 aliphatic carbocycles. The molecule has 0 bridgehead atoms. The lowest BCUT2D eigenvalue weighted by Crippen LogP contribution is -2.42. The molecule has 1 saturated carbocycles. The Morgan fingerprint density at radius 2 is 2.18 bits per heavy atom. The molecular weight excluding hydrogens is 372 g/mol. The van der Waals surface area contributed by atoms with E-state index in [2.05, 4.69) is 59.5 Å². The van der Waals surface area contributed by atoms with Crippen LogP contribution in [0, 0.1) is 5.92 Å². The van der Waals surface area contributed by atoms with Crippen molar-refractivity contribution in [2.45, 2.75) is 50.1 Å². The first-order valence-electron chi connectivity index (χ1n) is 9.57. The molecule has 1 amide bonds. The SMILES string of the molecule is C/C=C(C)/C=C/C=C/[C@H]1[C@@H]2C[C@@H]2c2c(SC[C@H](NC(C)=O)C(=O)O)ccc[n+]21. The molecule has 0 aromatic carbocycles. The molecule has 1 fully saturated rings. The predicted molar refractivity (Wildman–Crippen MR) is 110 cm³/mol. The van der Waals surface area contributed by atoms with Crippen molar-refractivity contribution < 1.29 is 19.3 Å². The summed E-state index contributed by atoms with van der Waals surface area (Å²) in [6.45, 7) is 5.45. The van der Waals surface area contributed by atoms with Crippen molar-refractivity contribution in [3.05, 3.63) is 60.0 Å². The predicted octanol–water partition coefficient (Wildman–Crippen LogP) is 3.39. The topological polar surface area (TPSA) is 70.3 Å². The van der Waals surface area contributed by atoms with E-state index in [-0.39, 0.29) is 5.91 Å². The molecular formula is C22H27N2O3S+. The molecule has 2 heterocycles. The highest BCUT2D eigenvalue weighted by Gasteiger charge is 2.59. The van der Waals surface area contributed by atoms with Crippen molar-refractivity contribution in [2.24, 2.45) is 5.92 Å². The fourth-order valence-electron chi connectivity index (χ4n) is 3.70. The zero-order valence-corrected chi connectivity index (χ0v) is 17.3. The van der Waals surface area contributed by atoms with E-state index in [0.717, 1.165) is 4.90 Å². The second-order valence-corrected chi connectivity index (χ2v) is 8.40. The summed E-state index contributed by atoms with van der Waals surface area (Å²) >= 11 is 1.51. The molecule has 1 aromatic rings. The third-order valence-electron chi connectivity index (χ3n) is 5.29. The van der Waals surface area contributed by atoms with Gasteiger partial charge in [-0.1, -0.05) is 29.9 Å². The molecule has 1 aliphatic heterocycles. The zero-order valence-electron chi connectivity index (χ0n) is 16.5. The monoisotopic (exact) mass is 399 g/mol. The molecule has 2 aliphatic rings. The van der Waals surface area contributed by atoms with Gasteiger partial charge in [-0.2, -0.15) is 4.57 Å². The molecule has 6 heteroatoms. The van der Waals surface area contributed by atoms with Crippen LogP contribution in [0.4, 0.5) is 0 Å². The van der Waals surface area contributed by atoms with Crippen LogP contribution in [0.2, 0.25) is 0 Å². The number of rotatable bonds is 8. The lowest BCUT2D eigenvalue weighted by atomic mass is 10.1. The Bertz CT molecular complexity index is 859.